The minimum absolute atomic E-state index is 0.0411. The molecule has 1 amide bonds. The number of rotatable bonds is 4. The van der Waals surface area contributed by atoms with Gasteiger partial charge in [-0.1, -0.05) is 42.6 Å². The number of aromatic nitrogens is 1. The molecule has 1 saturated carbocycles. The fraction of sp³-hybridized carbons (Fsp3) is 0.304. The number of fused-ring (bicyclic) bond motifs is 2. The third-order valence-corrected chi connectivity index (χ3v) is 6.05. The van der Waals surface area contributed by atoms with Crippen molar-refractivity contribution in [2.45, 2.75) is 38.3 Å². The molecule has 5 rings (SSSR count). The van der Waals surface area contributed by atoms with Gasteiger partial charge in [0.2, 0.25) is 6.79 Å². The number of hydrogen-bond acceptors (Lipinski definition) is 4. The quantitative estimate of drug-likeness (QED) is 0.556. The molecule has 2 aliphatic rings. The zero-order valence-electron chi connectivity index (χ0n) is 15.9. The normalized spacial score (nSPS) is 15.8. The van der Waals surface area contributed by atoms with Crippen LogP contribution in [0.15, 0.2) is 48.5 Å². The van der Waals surface area contributed by atoms with Crippen LogP contribution in [-0.2, 0) is 6.54 Å². The molecule has 0 bridgehead atoms. The van der Waals surface area contributed by atoms with E-state index in [4.69, 9.17) is 21.1 Å². The largest absolute Gasteiger partial charge is 0.454 e. The summed E-state index contributed by atoms with van der Waals surface area (Å²) in [7, 11) is 0. The van der Waals surface area contributed by atoms with Gasteiger partial charge in [-0.15, -0.1) is 0 Å². The third kappa shape index (κ3) is 3.51. The number of amides is 1. The molecule has 0 unspecified atom stereocenters. The second kappa shape index (κ2) is 7.56. The fourth-order valence-electron chi connectivity index (χ4n) is 4.21. The minimum atomic E-state index is 0.0411. The van der Waals surface area contributed by atoms with E-state index in [-0.39, 0.29) is 18.7 Å². The second-order valence-electron chi connectivity index (χ2n) is 7.57. The Balaban J connectivity index is 1.51. The van der Waals surface area contributed by atoms with Crippen molar-refractivity contribution in [3.8, 4) is 11.5 Å². The van der Waals surface area contributed by atoms with Gasteiger partial charge in [-0.05, 0) is 37.1 Å². The molecule has 1 aliphatic heterocycles. The van der Waals surface area contributed by atoms with Crippen LogP contribution >= 0.6 is 11.6 Å². The average Bonchev–Trinajstić information content (AvgIpc) is 3.42. The lowest BCUT2D eigenvalue weighted by Gasteiger charge is -2.29. The van der Waals surface area contributed by atoms with Crippen LogP contribution in [0.4, 0.5) is 0 Å². The Bertz CT molecular complexity index is 1060. The first-order chi connectivity index (χ1) is 14.2. The molecule has 6 heteroatoms. The van der Waals surface area contributed by atoms with Gasteiger partial charge in [0, 0.05) is 35.2 Å². The van der Waals surface area contributed by atoms with Crippen molar-refractivity contribution in [3.63, 3.8) is 0 Å². The molecule has 0 radical (unpaired) electrons. The van der Waals surface area contributed by atoms with E-state index in [1.807, 2.05) is 53.4 Å². The highest BCUT2D eigenvalue weighted by molar-refractivity contribution is 6.30. The van der Waals surface area contributed by atoms with Gasteiger partial charge >= 0.3 is 0 Å². The summed E-state index contributed by atoms with van der Waals surface area (Å²) >= 11 is 6.53. The van der Waals surface area contributed by atoms with Crippen LogP contribution in [0, 0.1) is 0 Å². The van der Waals surface area contributed by atoms with E-state index in [0.717, 1.165) is 42.1 Å². The summed E-state index contributed by atoms with van der Waals surface area (Å²) in [5, 5.41) is 1.34. The third-order valence-electron chi connectivity index (χ3n) is 5.72. The van der Waals surface area contributed by atoms with E-state index in [0.29, 0.717) is 28.8 Å². The monoisotopic (exact) mass is 408 g/mol. The first-order valence-electron chi connectivity index (χ1n) is 9.94. The maximum absolute atomic E-state index is 13.3. The Kier molecular flexibility index (Phi) is 4.76. The molecule has 0 saturated heterocycles. The van der Waals surface area contributed by atoms with E-state index in [2.05, 4.69) is 4.98 Å². The smallest absolute Gasteiger partial charge is 0.254 e. The predicted octanol–water partition coefficient (Wildman–Crippen LogP) is 5.20. The van der Waals surface area contributed by atoms with E-state index in [1.54, 1.807) is 0 Å². The number of hydrogen-bond donors (Lipinski definition) is 0. The van der Waals surface area contributed by atoms with Crippen LogP contribution < -0.4 is 9.47 Å². The summed E-state index contributed by atoms with van der Waals surface area (Å²) in [6.07, 6.45) is 4.35. The van der Waals surface area contributed by atoms with Crippen LogP contribution in [-0.4, -0.2) is 28.6 Å². The number of carbonyl (C=O) groups excluding carboxylic acids is 1. The summed E-state index contributed by atoms with van der Waals surface area (Å²) in [4.78, 5) is 19.8. The van der Waals surface area contributed by atoms with Crippen molar-refractivity contribution in [1.82, 2.24) is 9.88 Å². The lowest BCUT2D eigenvalue weighted by Crippen LogP contribution is -2.38. The molecule has 0 spiro atoms. The molecule has 0 N–H and O–H groups in total. The van der Waals surface area contributed by atoms with E-state index in [1.165, 1.54) is 0 Å². The number of carbonyl (C=O) groups is 1. The van der Waals surface area contributed by atoms with E-state index >= 15 is 0 Å². The number of benzene rings is 2. The summed E-state index contributed by atoms with van der Waals surface area (Å²) in [5.74, 6) is 1.43. The molecule has 1 fully saturated rings. The average molecular weight is 409 g/mol. The number of ether oxygens (including phenoxy) is 2. The van der Waals surface area contributed by atoms with Gasteiger partial charge in [-0.2, -0.15) is 0 Å². The summed E-state index contributed by atoms with van der Waals surface area (Å²) in [6.45, 7) is 0.655. The molecule has 29 heavy (non-hydrogen) atoms. The SMILES string of the molecule is O=C(c1ccccc1)N(Cc1cc2cc3c(cc2nc1Cl)OCO3)C1CCCC1. The molecule has 0 atom stereocenters. The minimum Gasteiger partial charge on any atom is -0.454 e. The van der Waals surface area contributed by atoms with Crippen molar-refractivity contribution in [2.24, 2.45) is 0 Å². The molecule has 2 aromatic carbocycles. The van der Waals surface area contributed by atoms with Crippen molar-refractivity contribution >= 4 is 28.4 Å². The van der Waals surface area contributed by atoms with Gasteiger partial charge in [0.25, 0.3) is 5.91 Å². The van der Waals surface area contributed by atoms with Crippen molar-refractivity contribution < 1.29 is 14.3 Å². The van der Waals surface area contributed by atoms with Crippen molar-refractivity contribution in [3.05, 3.63) is 64.8 Å². The lowest BCUT2D eigenvalue weighted by atomic mass is 10.1. The summed E-state index contributed by atoms with van der Waals surface area (Å²) < 4.78 is 10.9. The maximum atomic E-state index is 13.3. The lowest BCUT2D eigenvalue weighted by molar-refractivity contribution is 0.0664. The Morgan fingerprint density at radius 2 is 1.79 bits per heavy atom. The van der Waals surface area contributed by atoms with Gasteiger partial charge in [0.05, 0.1) is 5.52 Å². The Morgan fingerprint density at radius 3 is 2.55 bits per heavy atom. The van der Waals surface area contributed by atoms with Gasteiger partial charge in [0.1, 0.15) is 5.15 Å². The Morgan fingerprint density at radius 1 is 1.07 bits per heavy atom. The van der Waals surface area contributed by atoms with Crippen LogP contribution in [0.2, 0.25) is 5.15 Å². The van der Waals surface area contributed by atoms with Crippen molar-refractivity contribution in [2.75, 3.05) is 6.79 Å². The maximum Gasteiger partial charge on any atom is 0.254 e. The highest BCUT2D eigenvalue weighted by Gasteiger charge is 2.28. The zero-order valence-corrected chi connectivity index (χ0v) is 16.7. The van der Waals surface area contributed by atoms with Gasteiger partial charge < -0.3 is 14.4 Å². The molecule has 148 valence electrons. The topological polar surface area (TPSA) is 51.7 Å². The van der Waals surface area contributed by atoms with Crippen LogP contribution in [0.5, 0.6) is 11.5 Å². The number of pyridine rings is 1. The van der Waals surface area contributed by atoms with E-state index in [9.17, 15) is 4.79 Å². The van der Waals surface area contributed by atoms with Crippen LogP contribution in [0.3, 0.4) is 0 Å². The fourth-order valence-corrected chi connectivity index (χ4v) is 4.41. The van der Waals surface area contributed by atoms with Crippen molar-refractivity contribution in [1.29, 1.82) is 0 Å². The van der Waals surface area contributed by atoms with Crippen LogP contribution in [0.1, 0.15) is 41.6 Å². The molecular weight excluding hydrogens is 388 g/mol. The zero-order chi connectivity index (χ0) is 19.8. The van der Waals surface area contributed by atoms with Gasteiger partial charge in [-0.25, -0.2) is 4.98 Å². The standard InChI is InChI=1S/C23H21ClN2O3/c24-22-17(10-16-11-20-21(29-14-28-20)12-19(16)25-22)13-26(18-8-4-5-9-18)23(27)15-6-2-1-3-7-15/h1-3,6-7,10-12,18H,4-5,8-9,13-14H2. The molecule has 3 aromatic rings. The first-order valence-corrected chi connectivity index (χ1v) is 10.3. The number of nitrogens with zero attached hydrogens (tertiary/aromatic N) is 2. The first kappa shape index (κ1) is 18.3. The predicted molar refractivity (Wildman–Crippen MR) is 111 cm³/mol. The molecule has 1 aromatic heterocycles. The van der Waals surface area contributed by atoms with Crippen LogP contribution in [0.25, 0.3) is 10.9 Å². The summed E-state index contributed by atoms with van der Waals surface area (Å²) in [6, 6.07) is 15.4. The molecule has 5 nitrogen and oxygen atoms in total. The summed E-state index contributed by atoms with van der Waals surface area (Å²) in [5.41, 5.74) is 2.30. The highest BCUT2D eigenvalue weighted by atomic mass is 35.5. The van der Waals surface area contributed by atoms with Gasteiger partial charge in [-0.3, -0.25) is 4.79 Å². The number of halogens is 1. The Labute approximate surface area is 174 Å². The Hall–Kier alpha value is -2.79. The molecule has 2 heterocycles. The second-order valence-corrected chi connectivity index (χ2v) is 7.93. The van der Waals surface area contributed by atoms with Gasteiger partial charge in [0.15, 0.2) is 11.5 Å². The van der Waals surface area contributed by atoms with E-state index < -0.39 is 0 Å². The molecular formula is C23H21ClN2O3. The molecule has 1 aliphatic carbocycles. The highest BCUT2D eigenvalue weighted by Crippen LogP contribution is 2.37.